The SMILES string of the molecule is O=C(c1ccc(Cn2ccnc2)cc1)N1CCS[C@@H](c2ccco2)CC1. The molecule has 5 nitrogen and oxygen atoms in total. The van der Waals surface area contributed by atoms with Crippen molar-refractivity contribution in [3.63, 3.8) is 0 Å². The Balaban J connectivity index is 1.39. The normalized spacial score (nSPS) is 17.8. The fourth-order valence-corrected chi connectivity index (χ4v) is 4.38. The van der Waals surface area contributed by atoms with Crippen molar-refractivity contribution in [2.75, 3.05) is 18.8 Å². The third kappa shape index (κ3) is 3.85. The summed E-state index contributed by atoms with van der Waals surface area (Å²) < 4.78 is 7.55. The third-order valence-electron chi connectivity index (χ3n) is 4.61. The zero-order valence-corrected chi connectivity index (χ0v) is 15.3. The van der Waals surface area contributed by atoms with E-state index < -0.39 is 0 Å². The van der Waals surface area contributed by atoms with Crippen LogP contribution in [-0.4, -0.2) is 39.2 Å². The first-order valence-corrected chi connectivity index (χ1v) is 9.83. The van der Waals surface area contributed by atoms with Crippen LogP contribution in [0.15, 0.2) is 65.8 Å². The molecule has 2 aromatic heterocycles. The van der Waals surface area contributed by atoms with Crippen molar-refractivity contribution in [3.05, 3.63) is 78.3 Å². The van der Waals surface area contributed by atoms with E-state index >= 15 is 0 Å². The number of rotatable bonds is 4. The largest absolute Gasteiger partial charge is 0.468 e. The van der Waals surface area contributed by atoms with E-state index in [1.165, 1.54) is 0 Å². The van der Waals surface area contributed by atoms with Gasteiger partial charge in [-0.15, -0.1) is 11.8 Å². The predicted molar refractivity (Wildman–Crippen MR) is 102 cm³/mol. The number of carbonyl (C=O) groups excluding carboxylic acids is 1. The van der Waals surface area contributed by atoms with Crippen LogP contribution in [0.5, 0.6) is 0 Å². The van der Waals surface area contributed by atoms with Crippen LogP contribution in [-0.2, 0) is 6.54 Å². The first-order chi connectivity index (χ1) is 12.8. The van der Waals surface area contributed by atoms with Crippen molar-refractivity contribution in [1.82, 2.24) is 14.5 Å². The molecule has 0 aliphatic carbocycles. The van der Waals surface area contributed by atoms with Gasteiger partial charge in [0.1, 0.15) is 5.76 Å². The summed E-state index contributed by atoms with van der Waals surface area (Å²) in [6.07, 6.45) is 8.13. The van der Waals surface area contributed by atoms with Gasteiger partial charge in [-0.05, 0) is 36.2 Å². The van der Waals surface area contributed by atoms with Gasteiger partial charge in [0.2, 0.25) is 0 Å². The Morgan fingerprint density at radius 2 is 2.12 bits per heavy atom. The van der Waals surface area contributed by atoms with Crippen LogP contribution in [0.4, 0.5) is 0 Å². The number of hydrogen-bond donors (Lipinski definition) is 0. The van der Waals surface area contributed by atoms with E-state index in [0.29, 0.717) is 5.25 Å². The molecule has 6 heteroatoms. The number of imidazole rings is 1. The van der Waals surface area contributed by atoms with Crippen LogP contribution in [0.25, 0.3) is 0 Å². The molecule has 0 radical (unpaired) electrons. The molecule has 0 spiro atoms. The van der Waals surface area contributed by atoms with Crippen molar-refractivity contribution in [2.45, 2.75) is 18.2 Å². The van der Waals surface area contributed by atoms with Gasteiger partial charge in [0.05, 0.1) is 17.8 Å². The number of carbonyl (C=O) groups is 1. The lowest BCUT2D eigenvalue weighted by atomic mass is 10.1. The highest BCUT2D eigenvalue weighted by atomic mass is 32.2. The number of hydrogen-bond acceptors (Lipinski definition) is 4. The minimum atomic E-state index is 0.111. The average Bonchev–Trinajstić information content (AvgIpc) is 3.33. The van der Waals surface area contributed by atoms with Gasteiger partial charge in [-0.25, -0.2) is 4.98 Å². The number of benzene rings is 1. The second kappa shape index (κ2) is 7.83. The lowest BCUT2D eigenvalue weighted by Crippen LogP contribution is -2.32. The molecule has 1 aliphatic heterocycles. The quantitative estimate of drug-likeness (QED) is 0.703. The highest BCUT2D eigenvalue weighted by Crippen LogP contribution is 2.34. The molecule has 134 valence electrons. The molecule has 0 saturated carbocycles. The van der Waals surface area contributed by atoms with Crippen molar-refractivity contribution in [1.29, 1.82) is 0 Å². The first-order valence-electron chi connectivity index (χ1n) is 8.78. The average molecular weight is 367 g/mol. The summed E-state index contributed by atoms with van der Waals surface area (Å²) in [5.41, 5.74) is 1.91. The maximum atomic E-state index is 12.9. The minimum Gasteiger partial charge on any atom is -0.468 e. The third-order valence-corrected chi connectivity index (χ3v) is 5.90. The molecule has 1 amide bonds. The number of furan rings is 1. The number of thioether (sulfide) groups is 1. The van der Waals surface area contributed by atoms with Crippen LogP contribution in [0.2, 0.25) is 0 Å². The number of aromatic nitrogens is 2. The van der Waals surface area contributed by atoms with Crippen LogP contribution in [0.3, 0.4) is 0 Å². The van der Waals surface area contributed by atoms with Gasteiger partial charge in [0.25, 0.3) is 5.91 Å². The standard InChI is InChI=1S/C20H21N3O2S/c24-20(17-5-3-16(4-6-17)14-22-10-8-21-15-22)23-9-7-19(26-13-11-23)18-2-1-12-25-18/h1-6,8,10,12,15,19H,7,9,11,13-14H2/t19-/m1/s1. The summed E-state index contributed by atoms with van der Waals surface area (Å²) in [6.45, 7) is 2.30. The smallest absolute Gasteiger partial charge is 0.253 e. The van der Waals surface area contributed by atoms with Gasteiger partial charge < -0.3 is 13.9 Å². The Morgan fingerprint density at radius 1 is 1.23 bits per heavy atom. The van der Waals surface area contributed by atoms with Gasteiger partial charge in [-0.3, -0.25) is 4.79 Å². The van der Waals surface area contributed by atoms with Gasteiger partial charge in [-0.1, -0.05) is 12.1 Å². The molecular weight excluding hydrogens is 346 g/mol. The number of nitrogens with zero attached hydrogens (tertiary/aromatic N) is 3. The van der Waals surface area contributed by atoms with Crippen LogP contribution in [0.1, 0.15) is 33.4 Å². The molecule has 1 fully saturated rings. The highest BCUT2D eigenvalue weighted by molar-refractivity contribution is 7.99. The fourth-order valence-electron chi connectivity index (χ4n) is 3.20. The molecule has 1 aliphatic rings. The Kier molecular flexibility index (Phi) is 5.11. The Morgan fingerprint density at radius 3 is 2.85 bits per heavy atom. The van der Waals surface area contributed by atoms with Crippen molar-refractivity contribution in [2.24, 2.45) is 0 Å². The van der Waals surface area contributed by atoms with E-state index in [1.807, 2.05) is 63.8 Å². The molecule has 0 N–H and O–H groups in total. The first kappa shape index (κ1) is 17.0. The molecule has 4 rings (SSSR count). The molecule has 1 atom stereocenters. The van der Waals surface area contributed by atoms with Crippen molar-refractivity contribution >= 4 is 17.7 Å². The molecule has 3 heterocycles. The highest BCUT2D eigenvalue weighted by Gasteiger charge is 2.24. The van der Waals surface area contributed by atoms with Crippen LogP contribution < -0.4 is 0 Å². The molecule has 0 bridgehead atoms. The second-order valence-corrected chi connectivity index (χ2v) is 7.70. The van der Waals surface area contributed by atoms with Crippen LogP contribution >= 0.6 is 11.8 Å². The Labute approximate surface area is 157 Å². The Bertz CT molecular complexity index is 829. The lowest BCUT2D eigenvalue weighted by molar-refractivity contribution is 0.0766. The summed E-state index contributed by atoms with van der Waals surface area (Å²) in [5, 5.41) is 0.334. The summed E-state index contributed by atoms with van der Waals surface area (Å²) >= 11 is 1.87. The van der Waals surface area contributed by atoms with E-state index in [4.69, 9.17) is 4.42 Å². The monoisotopic (exact) mass is 367 g/mol. The zero-order valence-electron chi connectivity index (χ0n) is 14.5. The zero-order chi connectivity index (χ0) is 17.8. The molecule has 1 aromatic carbocycles. The van der Waals surface area contributed by atoms with Crippen LogP contribution in [0, 0.1) is 0 Å². The minimum absolute atomic E-state index is 0.111. The summed E-state index contributed by atoms with van der Waals surface area (Å²) in [6, 6.07) is 11.8. The summed E-state index contributed by atoms with van der Waals surface area (Å²) in [5.74, 6) is 2.04. The summed E-state index contributed by atoms with van der Waals surface area (Å²) in [4.78, 5) is 18.9. The fraction of sp³-hybridized carbons (Fsp3) is 0.300. The van der Waals surface area contributed by atoms with Gasteiger partial charge in [-0.2, -0.15) is 0 Å². The molecule has 0 unspecified atom stereocenters. The van der Waals surface area contributed by atoms with E-state index in [2.05, 4.69) is 4.98 Å². The van der Waals surface area contributed by atoms with Gasteiger partial charge >= 0.3 is 0 Å². The van der Waals surface area contributed by atoms with Crippen molar-refractivity contribution < 1.29 is 9.21 Å². The van der Waals surface area contributed by atoms with E-state index in [1.54, 1.807) is 18.8 Å². The molecular formula is C20H21N3O2S. The van der Waals surface area contributed by atoms with E-state index in [-0.39, 0.29) is 5.91 Å². The summed E-state index contributed by atoms with van der Waals surface area (Å²) in [7, 11) is 0. The Hall–Kier alpha value is -2.47. The lowest BCUT2D eigenvalue weighted by Gasteiger charge is -2.20. The predicted octanol–water partition coefficient (Wildman–Crippen LogP) is 3.84. The van der Waals surface area contributed by atoms with Gasteiger partial charge in [0, 0.05) is 43.3 Å². The molecule has 26 heavy (non-hydrogen) atoms. The molecule has 3 aromatic rings. The topological polar surface area (TPSA) is 51.3 Å². The van der Waals surface area contributed by atoms with E-state index in [9.17, 15) is 4.79 Å². The number of amides is 1. The maximum Gasteiger partial charge on any atom is 0.253 e. The van der Waals surface area contributed by atoms with Crippen molar-refractivity contribution in [3.8, 4) is 0 Å². The second-order valence-electron chi connectivity index (χ2n) is 6.39. The molecule has 1 saturated heterocycles. The van der Waals surface area contributed by atoms with Gasteiger partial charge in [0.15, 0.2) is 0 Å². The van der Waals surface area contributed by atoms with E-state index in [0.717, 1.165) is 48.7 Å². The maximum absolute atomic E-state index is 12.9.